The van der Waals surface area contributed by atoms with Gasteiger partial charge in [0.1, 0.15) is 28.9 Å². The summed E-state index contributed by atoms with van der Waals surface area (Å²) in [5, 5.41) is 79.5. The number of aromatic hydroxyl groups is 2. The maximum Gasteiger partial charge on any atom is 0.341 e. The topological polar surface area (TPSA) is 286 Å². The minimum Gasteiger partial charge on any atom is -0.507 e. The molecule has 60 heavy (non-hydrogen) atoms. The minimum absolute atomic E-state index is 0.00803. The molecule has 17 heteroatoms. The number of aliphatic hydroxyl groups is 5. The van der Waals surface area contributed by atoms with Crippen LogP contribution in [0, 0.1) is 12.8 Å². The lowest BCUT2D eigenvalue weighted by molar-refractivity contribution is -0.209. The highest BCUT2D eigenvalue weighted by atomic mass is 16.6. The van der Waals surface area contributed by atoms with Crippen LogP contribution in [0.3, 0.4) is 0 Å². The molecule has 322 valence electrons. The number of fused-ring (bicyclic) bond motifs is 5. The Balaban J connectivity index is 1.46. The van der Waals surface area contributed by atoms with Crippen LogP contribution in [0.1, 0.15) is 95.3 Å². The van der Waals surface area contributed by atoms with E-state index in [2.05, 4.69) is 0 Å². The zero-order chi connectivity index (χ0) is 44.0. The molecule has 2 aromatic carbocycles. The molecule has 0 radical (unpaired) electrons. The molecule has 3 aliphatic carbocycles. The van der Waals surface area contributed by atoms with Gasteiger partial charge in [-0.3, -0.25) is 14.4 Å². The summed E-state index contributed by atoms with van der Waals surface area (Å²) in [6.45, 7) is 4.29. The number of phenols is 2. The van der Waals surface area contributed by atoms with Crippen molar-refractivity contribution in [1.82, 2.24) is 0 Å². The summed E-state index contributed by atoms with van der Waals surface area (Å²) in [6.07, 6.45) is -4.67. The third-order valence-corrected chi connectivity index (χ3v) is 12.8. The van der Waals surface area contributed by atoms with Crippen LogP contribution >= 0.6 is 0 Å². The first kappa shape index (κ1) is 43.3. The van der Waals surface area contributed by atoms with Gasteiger partial charge in [-0.1, -0.05) is 6.07 Å². The molecule has 1 aromatic heterocycles. The molecule has 1 fully saturated rings. The highest BCUT2D eigenvalue weighted by Crippen LogP contribution is 2.57. The lowest BCUT2D eigenvalue weighted by atomic mass is 9.56. The number of carbonyl (C=O) groups excluding carboxylic acids is 4. The van der Waals surface area contributed by atoms with Crippen LogP contribution in [0.25, 0.3) is 0 Å². The van der Waals surface area contributed by atoms with Crippen LogP contribution in [-0.4, -0.2) is 129 Å². The molecule has 7 rings (SSSR count). The Bertz CT molecular complexity index is 2330. The standard InChI is InChI=1S/C43H49NO16/c1-17-7-21-10-29(48)43(58-6)39(53)31-24(38(52)42(43,55)33(21)36(51)30(17)40(54)57-5)13-26-32(35(31)50)27(47)11-22(12-28-37(56-4)34(49)25(15-45)19(3)60-28)41(26,44)14-20-9-23(59-16-20)8-18(2)46/h7,9,11,13,16,18-19,25,28-29,34,37,45-46,48-51,55H,8,10,12,14-15,44H2,1-6H3/t18?,19-,25-,28+,29?,34+,37-,41?,42-,43+/m0/s1. The number of aliphatic hydroxyl groups excluding tert-OH is 4. The van der Waals surface area contributed by atoms with Crippen LogP contribution in [0.15, 0.2) is 40.5 Å². The summed E-state index contributed by atoms with van der Waals surface area (Å²) in [5.41, 5.74) is -2.84. The van der Waals surface area contributed by atoms with Crippen LogP contribution in [0.4, 0.5) is 0 Å². The summed E-state index contributed by atoms with van der Waals surface area (Å²) in [6, 6.07) is 4.10. The summed E-state index contributed by atoms with van der Waals surface area (Å²) in [7, 11) is 3.35. The normalized spacial score (nSPS) is 31.5. The number of nitrogens with two attached hydrogens (primary N) is 1. The second-order valence-electron chi connectivity index (χ2n) is 16.3. The largest absolute Gasteiger partial charge is 0.507 e. The van der Waals surface area contributed by atoms with Gasteiger partial charge in [-0.25, -0.2) is 4.79 Å². The lowest BCUT2D eigenvalue weighted by Crippen LogP contribution is -2.73. The molecule has 3 aromatic rings. The second-order valence-corrected chi connectivity index (χ2v) is 16.3. The third kappa shape index (κ3) is 6.01. The Labute approximate surface area is 343 Å². The zero-order valence-electron chi connectivity index (χ0n) is 33.8. The number of hydrogen-bond acceptors (Lipinski definition) is 17. The van der Waals surface area contributed by atoms with Crippen molar-refractivity contribution >= 4 is 23.3 Å². The Kier molecular flexibility index (Phi) is 11.0. The van der Waals surface area contributed by atoms with Crippen molar-refractivity contribution in [3.8, 4) is 11.5 Å². The number of ketones is 3. The highest BCUT2D eigenvalue weighted by molar-refractivity contribution is 6.26. The SMILES string of the molecule is COC(=O)c1c(C)cc2c(c1O)[C@]1(O)C(=O)c3cc4c(c(O)c3C(=O)[C@]1(OC)C(O)C2)C(=O)C=C(C[C@H]1O[C@@H](C)[C@H](CO)[C@@H](O)[C@H]1OC)C4(N)Cc1coc(CC(C)O)c1. The molecule has 10 atom stereocenters. The molecule has 9 N–H and O–H groups in total. The van der Waals surface area contributed by atoms with Crippen molar-refractivity contribution in [2.45, 2.75) is 99.8 Å². The summed E-state index contributed by atoms with van der Waals surface area (Å²) in [5.74, 6) is -6.72. The van der Waals surface area contributed by atoms with E-state index in [1.807, 2.05) is 0 Å². The van der Waals surface area contributed by atoms with Crippen molar-refractivity contribution in [2.24, 2.45) is 11.7 Å². The van der Waals surface area contributed by atoms with Crippen molar-refractivity contribution in [3.63, 3.8) is 0 Å². The number of allylic oxidation sites excluding steroid dienone is 1. The van der Waals surface area contributed by atoms with Crippen molar-refractivity contribution < 1.29 is 78.3 Å². The molecule has 0 amide bonds. The maximum atomic E-state index is 15.2. The van der Waals surface area contributed by atoms with E-state index in [0.717, 1.165) is 26.4 Å². The first-order valence-corrected chi connectivity index (χ1v) is 19.4. The number of furan rings is 1. The monoisotopic (exact) mass is 835 g/mol. The number of carbonyl (C=O) groups is 4. The van der Waals surface area contributed by atoms with Crippen LogP contribution in [0.2, 0.25) is 0 Å². The third-order valence-electron chi connectivity index (χ3n) is 12.8. The Morgan fingerprint density at radius 3 is 2.37 bits per heavy atom. The Morgan fingerprint density at radius 2 is 1.75 bits per heavy atom. The smallest absolute Gasteiger partial charge is 0.341 e. The van der Waals surface area contributed by atoms with E-state index in [1.54, 1.807) is 19.9 Å². The Hall–Kier alpha value is -4.82. The molecule has 0 bridgehead atoms. The van der Waals surface area contributed by atoms with E-state index >= 15 is 4.79 Å². The van der Waals surface area contributed by atoms with Crippen LogP contribution < -0.4 is 5.73 Å². The van der Waals surface area contributed by atoms with Gasteiger partial charge in [0.2, 0.25) is 11.6 Å². The van der Waals surface area contributed by atoms with E-state index in [4.69, 9.17) is 29.1 Å². The number of rotatable bonds is 10. The van der Waals surface area contributed by atoms with Gasteiger partial charge in [0.05, 0.1) is 67.2 Å². The molecule has 1 aliphatic heterocycles. The van der Waals surface area contributed by atoms with Gasteiger partial charge in [-0.15, -0.1) is 0 Å². The van der Waals surface area contributed by atoms with Gasteiger partial charge >= 0.3 is 5.97 Å². The molecule has 0 spiro atoms. The van der Waals surface area contributed by atoms with Gasteiger partial charge in [0, 0.05) is 50.5 Å². The summed E-state index contributed by atoms with van der Waals surface area (Å²) in [4.78, 5) is 57.3. The quantitative estimate of drug-likeness (QED) is 0.132. The first-order valence-electron chi connectivity index (χ1n) is 19.4. The number of Topliss-reactive ketones (excluding diaryl/α,β-unsaturated/α-hetero) is 2. The average molecular weight is 836 g/mol. The number of methoxy groups -OCH3 is 3. The predicted molar refractivity (Wildman–Crippen MR) is 207 cm³/mol. The molecular weight excluding hydrogens is 786 g/mol. The van der Waals surface area contributed by atoms with Gasteiger partial charge in [0.15, 0.2) is 17.0 Å². The Morgan fingerprint density at radius 1 is 1.05 bits per heavy atom. The van der Waals surface area contributed by atoms with Gasteiger partial charge < -0.3 is 64.8 Å². The number of esters is 1. The van der Waals surface area contributed by atoms with Crippen molar-refractivity contribution in [1.29, 1.82) is 0 Å². The van der Waals surface area contributed by atoms with E-state index in [-0.39, 0.29) is 41.5 Å². The number of hydrogen-bond donors (Lipinski definition) is 8. The fraction of sp³-hybridized carbons (Fsp3) is 0.488. The van der Waals surface area contributed by atoms with Crippen molar-refractivity contribution in [3.05, 3.63) is 91.9 Å². The fourth-order valence-electron chi connectivity index (χ4n) is 9.95. The fourth-order valence-corrected chi connectivity index (χ4v) is 9.95. The maximum absolute atomic E-state index is 15.2. The zero-order valence-corrected chi connectivity index (χ0v) is 33.8. The number of aryl methyl sites for hydroxylation is 1. The van der Waals surface area contributed by atoms with Crippen LogP contribution in [0.5, 0.6) is 11.5 Å². The predicted octanol–water partition coefficient (Wildman–Crippen LogP) is 0.959. The van der Waals surface area contributed by atoms with Crippen LogP contribution in [-0.2, 0) is 49.3 Å². The number of phenolic OH excluding ortho intramolecular Hbond substituents is 2. The van der Waals surface area contributed by atoms with E-state index < -0.39 is 135 Å². The molecule has 2 heterocycles. The average Bonchev–Trinajstić information content (AvgIpc) is 3.61. The lowest BCUT2D eigenvalue weighted by Gasteiger charge is -2.53. The summed E-state index contributed by atoms with van der Waals surface area (Å²) < 4.78 is 28.1. The molecular formula is C43H49NO16. The second kappa shape index (κ2) is 15.3. The number of ether oxygens (including phenoxy) is 4. The van der Waals surface area contributed by atoms with E-state index in [0.29, 0.717) is 11.3 Å². The summed E-state index contributed by atoms with van der Waals surface area (Å²) >= 11 is 0. The van der Waals surface area contributed by atoms with E-state index in [1.165, 1.54) is 26.4 Å². The molecule has 17 nitrogen and oxygen atoms in total. The molecule has 0 saturated carbocycles. The number of benzene rings is 2. The first-order chi connectivity index (χ1) is 28.3. The molecule has 3 unspecified atom stereocenters. The van der Waals surface area contributed by atoms with Gasteiger partial charge in [-0.2, -0.15) is 0 Å². The van der Waals surface area contributed by atoms with Gasteiger partial charge in [-0.05, 0) is 73.2 Å². The minimum atomic E-state index is -3.24. The van der Waals surface area contributed by atoms with Gasteiger partial charge in [0.25, 0.3) is 0 Å². The van der Waals surface area contributed by atoms with Crippen molar-refractivity contribution in [2.75, 3.05) is 27.9 Å². The molecule has 1 saturated heterocycles. The van der Waals surface area contributed by atoms with E-state index in [9.17, 15) is 50.1 Å². The molecule has 4 aliphatic rings. The highest BCUT2D eigenvalue weighted by Gasteiger charge is 2.73.